The van der Waals surface area contributed by atoms with Crippen molar-refractivity contribution < 1.29 is 9.53 Å². The number of rotatable bonds is 5. The normalized spacial score (nSPS) is 10.2. The zero-order valence-electron chi connectivity index (χ0n) is 11.7. The number of carbonyl (C=O) groups excluding carboxylic acids is 1. The molecule has 0 bridgehead atoms. The van der Waals surface area contributed by atoms with Crippen molar-refractivity contribution in [3.8, 4) is 5.75 Å². The van der Waals surface area contributed by atoms with E-state index in [1.807, 2.05) is 30.3 Å². The predicted molar refractivity (Wildman–Crippen MR) is 87.8 cm³/mol. The Hall–Kier alpha value is -1.85. The zero-order valence-corrected chi connectivity index (χ0v) is 13.3. The van der Waals surface area contributed by atoms with E-state index in [9.17, 15) is 4.79 Å². The van der Waals surface area contributed by atoms with Crippen molar-refractivity contribution in [3.05, 3.63) is 58.1 Å². The molecule has 5 heteroatoms. The minimum atomic E-state index is -0.154. The highest BCUT2D eigenvalue weighted by atomic mass is 79.9. The molecular formula is C16H17BrN2O2. The molecule has 1 amide bonds. The number of nitrogens with one attached hydrogen (secondary N) is 1. The van der Waals surface area contributed by atoms with E-state index in [-0.39, 0.29) is 5.91 Å². The SMILES string of the molecule is COc1cc(Br)cc(NC(=O)c2ccccc2CCN)c1. The first-order valence-corrected chi connectivity index (χ1v) is 7.37. The largest absolute Gasteiger partial charge is 0.497 e. The predicted octanol–water partition coefficient (Wildman–Crippen LogP) is 3.21. The average Bonchev–Trinajstić information content (AvgIpc) is 2.47. The first-order chi connectivity index (χ1) is 10.1. The minimum Gasteiger partial charge on any atom is -0.497 e. The van der Waals surface area contributed by atoms with Gasteiger partial charge in [0, 0.05) is 21.8 Å². The molecule has 2 aromatic carbocycles. The van der Waals surface area contributed by atoms with Crippen molar-refractivity contribution in [1.29, 1.82) is 0 Å². The van der Waals surface area contributed by atoms with Crippen LogP contribution in [0.25, 0.3) is 0 Å². The number of benzene rings is 2. The Balaban J connectivity index is 2.24. The van der Waals surface area contributed by atoms with E-state index in [4.69, 9.17) is 10.5 Å². The van der Waals surface area contributed by atoms with Gasteiger partial charge in [0.1, 0.15) is 5.75 Å². The molecular weight excluding hydrogens is 332 g/mol. The van der Waals surface area contributed by atoms with Gasteiger partial charge in [-0.2, -0.15) is 0 Å². The van der Waals surface area contributed by atoms with E-state index in [2.05, 4.69) is 21.2 Å². The third-order valence-corrected chi connectivity index (χ3v) is 3.50. The van der Waals surface area contributed by atoms with Crippen molar-refractivity contribution in [2.24, 2.45) is 5.73 Å². The Kier molecular flexibility index (Phi) is 5.36. The van der Waals surface area contributed by atoms with Crippen molar-refractivity contribution in [2.75, 3.05) is 19.0 Å². The number of nitrogens with two attached hydrogens (primary N) is 1. The fourth-order valence-corrected chi connectivity index (χ4v) is 2.54. The molecule has 0 saturated heterocycles. The van der Waals surface area contributed by atoms with Crippen LogP contribution in [0.1, 0.15) is 15.9 Å². The lowest BCUT2D eigenvalue weighted by atomic mass is 10.0. The van der Waals surface area contributed by atoms with Crippen molar-refractivity contribution in [2.45, 2.75) is 6.42 Å². The highest BCUT2D eigenvalue weighted by molar-refractivity contribution is 9.10. The Bertz CT molecular complexity index is 644. The van der Waals surface area contributed by atoms with Crippen molar-refractivity contribution in [1.82, 2.24) is 0 Å². The maximum atomic E-state index is 12.4. The van der Waals surface area contributed by atoms with Crippen molar-refractivity contribution in [3.63, 3.8) is 0 Å². The molecule has 0 saturated carbocycles. The van der Waals surface area contributed by atoms with E-state index in [0.717, 1.165) is 10.0 Å². The number of ether oxygens (including phenoxy) is 1. The summed E-state index contributed by atoms with van der Waals surface area (Å²) in [5.74, 6) is 0.522. The molecule has 0 aromatic heterocycles. The summed E-state index contributed by atoms with van der Waals surface area (Å²) in [6.07, 6.45) is 0.672. The van der Waals surface area contributed by atoms with Crippen LogP contribution in [0.4, 0.5) is 5.69 Å². The van der Waals surface area contributed by atoms with E-state index in [1.165, 1.54) is 0 Å². The van der Waals surface area contributed by atoms with Gasteiger partial charge in [0.25, 0.3) is 5.91 Å². The van der Waals surface area contributed by atoms with Gasteiger partial charge in [0.15, 0.2) is 0 Å². The molecule has 0 spiro atoms. The van der Waals surface area contributed by atoms with Gasteiger partial charge in [-0.05, 0) is 36.7 Å². The lowest BCUT2D eigenvalue weighted by molar-refractivity contribution is 0.102. The molecule has 0 aliphatic rings. The topological polar surface area (TPSA) is 64.3 Å². The van der Waals surface area contributed by atoms with Gasteiger partial charge in [0.2, 0.25) is 0 Å². The summed E-state index contributed by atoms with van der Waals surface area (Å²) in [6.45, 7) is 0.509. The van der Waals surface area contributed by atoms with Gasteiger partial charge >= 0.3 is 0 Å². The van der Waals surface area contributed by atoms with Crippen LogP contribution in [0.3, 0.4) is 0 Å². The quantitative estimate of drug-likeness (QED) is 0.871. The van der Waals surface area contributed by atoms with Crippen molar-refractivity contribution >= 4 is 27.5 Å². The van der Waals surface area contributed by atoms with Crippen LogP contribution in [-0.4, -0.2) is 19.6 Å². The molecule has 4 nitrogen and oxygen atoms in total. The maximum absolute atomic E-state index is 12.4. The summed E-state index contributed by atoms with van der Waals surface area (Å²) in [7, 11) is 1.59. The van der Waals surface area contributed by atoms with Crippen LogP contribution in [-0.2, 0) is 6.42 Å². The van der Waals surface area contributed by atoms with Crippen LogP contribution in [0.2, 0.25) is 0 Å². The van der Waals surface area contributed by atoms with Gasteiger partial charge < -0.3 is 15.8 Å². The summed E-state index contributed by atoms with van der Waals surface area (Å²) >= 11 is 3.39. The number of amides is 1. The third-order valence-electron chi connectivity index (χ3n) is 3.04. The van der Waals surface area contributed by atoms with Gasteiger partial charge in [-0.15, -0.1) is 0 Å². The van der Waals surface area contributed by atoms with Gasteiger partial charge in [-0.3, -0.25) is 4.79 Å². The smallest absolute Gasteiger partial charge is 0.255 e. The molecule has 2 rings (SSSR count). The lowest BCUT2D eigenvalue weighted by Gasteiger charge is -2.11. The molecule has 3 N–H and O–H groups in total. The second kappa shape index (κ2) is 7.24. The summed E-state index contributed by atoms with van der Waals surface area (Å²) in [5, 5.41) is 2.88. The number of hydrogen-bond acceptors (Lipinski definition) is 3. The summed E-state index contributed by atoms with van der Waals surface area (Å²) < 4.78 is 6.03. The summed E-state index contributed by atoms with van der Waals surface area (Å²) in [4.78, 5) is 12.4. The number of methoxy groups -OCH3 is 1. The standard InChI is InChI=1S/C16H17BrN2O2/c1-21-14-9-12(17)8-13(10-14)19-16(20)15-5-3-2-4-11(15)6-7-18/h2-5,8-10H,6-7,18H2,1H3,(H,19,20). The highest BCUT2D eigenvalue weighted by Gasteiger charge is 2.11. The number of anilines is 1. The van der Waals surface area contributed by atoms with Crippen LogP contribution < -0.4 is 15.8 Å². The second-order valence-corrected chi connectivity index (χ2v) is 5.45. The summed E-state index contributed by atoms with van der Waals surface area (Å²) in [6, 6.07) is 12.9. The second-order valence-electron chi connectivity index (χ2n) is 4.53. The highest BCUT2D eigenvalue weighted by Crippen LogP contribution is 2.25. The Morgan fingerprint density at radius 1 is 1.29 bits per heavy atom. The van der Waals surface area contributed by atoms with Gasteiger partial charge in [-0.1, -0.05) is 34.1 Å². The molecule has 0 aliphatic carbocycles. The van der Waals surface area contributed by atoms with E-state index in [0.29, 0.717) is 30.0 Å². The molecule has 0 aliphatic heterocycles. The van der Waals surface area contributed by atoms with Gasteiger partial charge in [-0.25, -0.2) is 0 Å². The van der Waals surface area contributed by atoms with Crippen LogP contribution >= 0.6 is 15.9 Å². The molecule has 21 heavy (non-hydrogen) atoms. The Morgan fingerprint density at radius 3 is 2.76 bits per heavy atom. The zero-order chi connectivity index (χ0) is 15.2. The first kappa shape index (κ1) is 15.5. The van der Waals surface area contributed by atoms with Gasteiger partial charge in [0.05, 0.1) is 7.11 Å². The molecule has 0 atom stereocenters. The minimum absolute atomic E-state index is 0.154. The molecule has 0 radical (unpaired) electrons. The fourth-order valence-electron chi connectivity index (χ4n) is 2.07. The van der Waals surface area contributed by atoms with Crippen LogP contribution in [0.15, 0.2) is 46.9 Å². The van der Waals surface area contributed by atoms with E-state index >= 15 is 0 Å². The molecule has 110 valence electrons. The molecule has 0 unspecified atom stereocenters. The Labute approximate surface area is 132 Å². The van der Waals surface area contributed by atoms with Crippen LogP contribution in [0, 0.1) is 0 Å². The Morgan fingerprint density at radius 2 is 2.05 bits per heavy atom. The first-order valence-electron chi connectivity index (χ1n) is 6.58. The summed E-state index contributed by atoms with van der Waals surface area (Å²) in [5.41, 5.74) is 7.84. The fraction of sp³-hybridized carbons (Fsp3) is 0.188. The average molecular weight is 349 g/mol. The third kappa shape index (κ3) is 4.06. The van der Waals surface area contributed by atoms with E-state index in [1.54, 1.807) is 19.2 Å². The monoisotopic (exact) mass is 348 g/mol. The molecule has 2 aromatic rings. The lowest BCUT2D eigenvalue weighted by Crippen LogP contribution is -2.16. The molecule has 0 fully saturated rings. The van der Waals surface area contributed by atoms with Crippen LogP contribution in [0.5, 0.6) is 5.75 Å². The number of hydrogen-bond donors (Lipinski definition) is 2. The molecule has 0 heterocycles. The maximum Gasteiger partial charge on any atom is 0.255 e. The van der Waals surface area contributed by atoms with E-state index < -0.39 is 0 Å². The number of carbonyl (C=O) groups is 1. The number of halogens is 1.